The molecule has 1 aliphatic heterocycles. The molecule has 94 valence electrons. The van der Waals surface area contributed by atoms with Gasteiger partial charge in [-0.3, -0.25) is 0 Å². The van der Waals surface area contributed by atoms with E-state index in [1.165, 1.54) is 16.6 Å². The lowest BCUT2D eigenvalue weighted by atomic mass is 10.3. The molecule has 2 heterocycles. The van der Waals surface area contributed by atoms with Gasteiger partial charge in [0, 0.05) is 19.3 Å². The van der Waals surface area contributed by atoms with E-state index in [9.17, 15) is 13.5 Å². The molecule has 0 bridgehead atoms. The molecule has 17 heavy (non-hydrogen) atoms. The van der Waals surface area contributed by atoms with Crippen molar-refractivity contribution in [3.05, 3.63) is 17.3 Å². The van der Waals surface area contributed by atoms with Crippen molar-refractivity contribution in [2.45, 2.75) is 17.4 Å². The molecule has 6 nitrogen and oxygen atoms in total. The standard InChI is InChI=1S/C9H12ClN3O3S/c10-8-3-7(4-12-9(8)11)17(15,16)13-2-1-6(14)5-13/h3-4,6,14H,1-2,5H2,(H2,11,12). The first-order chi connectivity index (χ1) is 7.91. The number of nitrogens with two attached hydrogens (primary N) is 1. The van der Waals surface area contributed by atoms with Crippen molar-refractivity contribution < 1.29 is 13.5 Å². The first-order valence-electron chi connectivity index (χ1n) is 5.00. The number of aromatic nitrogens is 1. The van der Waals surface area contributed by atoms with Crippen LogP contribution in [0.3, 0.4) is 0 Å². The zero-order valence-corrected chi connectivity index (χ0v) is 10.4. The largest absolute Gasteiger partial charge is 0.392 e. The molecule has 1 saturated heterocycles. The molecule has 8 heteroatoms. The molecule has 0 spiro atoms. The van der Waals surface area contributed by atoms with Crippen LogP contribution in [0, 0.1) is 0 Å². The van der Waals surface area contributed by atoms with Gasteiger partial charge >= 0.3 is 0 Å². The number of aliphatic hydroxyl groups excluding tert-OH is 1. The van der Waals surface area contributed by atoms with Gasteiger partial charge in [-0.05, 0) is 12.5 Å². The molecule has 1 aromatic rings. The summed E-state index contributed by atoms with van der Waals surface area (Å²) < 4.78 is 25.4. The average Bonchev–Trinajstić information content (AvgIpc) is 2.69. The summed E-state index contributed by atoms with van der Waals surface area (Å²) in [5, 5.41) is 9.44. The zero-order chi connectivity index (χ0) is 12.6. The smallest absolute Gasteiger partial charge is 0.244 e. The van der Waals surface area contributed by atoms with Gasteiger partial charge in [-0.1, -0.05) is 11.6 Å². The molecule has 1 unspecified atom stereocenters. The monoisotopic (exact) mass is 277 g/mol. The van der Waals surface area contributed by atoms with E-state index in [2.05, 4.69) is 4.98 Å². The van der Waals surface area contributed by atoms with Crippen molar-refractivity contribution >= 4 is 27.4 Å². The number of pyridine rings is 1. The Morgan fingerprint density at radius 2 is 2.29 bits per heavy atom. The van der Waals surface area contributed by atoms with Crippen LogP contribution in [0.15, 0.2) is 17.2 Å². The number of halogens is 1. The molecule has 1 aliphatic rings. The summed E-state index contributed by atoms with van der Waals surface area (Å²) >= 11 is 5.74. The minimum absolute atomic E-state index is 0.00852. The van der Waals surface area contributed by atoms with Crippen LogP contribution >= 0.6 is 11.6 Å². The van der Waals surface area contributed by atoms with Crippen molar-refractivity contribution in [2.75, 3.05) is 18.8 Å². The van der Waals surface area contributed by atoms with Crippen molar-refractivity contribution in [1.82, 2.24) is 9.29 Å². The lowest BCUT2D eigenvalue weighted by molar-refractivity contribution is 0.189. The summed E-state index contributed by atoms with van der Waals surface area (Å²) in [6.07, 6.45) is 0.998. The molecule has 1 fully saturated rings. The molecule has 1 atom stereocenters. The topological polar surface area (TPSA) is 96.5 Å². The fourth-order valence-electron chi connectivity index (χ4n) is 1.65. The maximum Gasteiger partial charge on any atom is 0.244 e. The zero-order valence-electron chi connectivity index (χ0n) is 8.88. The van der Waals surface area contributed by atoms with Crippen molar-refractivity contribution in [1.29, 1.82) is 0 Å². The predicted octanol–water partition coefficient (Wildman–Crippen LogP) is 0.0725. The highest BCUT2D eigenvalue weighted by atomic mass is 35.5. The van der Waals surface area contributed by atoms with Crippen LogP contribution < -0.4 is 5.73 Å². The second-order valence-electron chi connectivity index (χ2n) is 3.84. The molecular formula is C9H12ClN3O3S. The summed E-state index contributed by atoms with van der Waals surface area (Å²) in [5.74, 6) is 0.0899. The Morgan fingerprint density at radius 3 is 2.82 bits per heavy atom. The second-order valence-corrected chi connectivity index (χ2v) is 6.19. The van der Waals surface area contributed by atoms with Gasteiger partial charge in [-0.25, -0.2) is 13.4 Å². The number of nitrogen functional groups attached to an aromatic ring is 1. The van der Waals surface area contributed by atoms with Gasteiger partial charge in [0.15, 0.2) is 0 Å². The van der Waals surface area contributed by atoms with Crippen LogP contribution in [-0.4, -0.2) is 42.0 Å². The lowest BCUT2D eigenvalue weighted by Crippen LogP contribution is -2.29. The summed E-state index contributed by atoms with van der Waals surface area (Å²) in [6.45, 7) is 0.399. The van der Waals surface area contributed by atoms with Crippen LogP contribution in [0.4, 0.5) is 5.82 Å². The predicted molar refractivity (Wildman–Crippen MR) is 63.0 cm³/mol. The van der Waals surface area contributed by atoms with Crippen molar-refractivity contribution in [3.63, 3.8) is 0 Å². The van der Waals surface area contributed by atoms with Gasteiger partial charge in [-0.2, -0.15) is 4.31 Å². The summed E-state index contributed by atoms with van der Waals surface area (Å²) in [6, 6.07) is 1.27. The second kappa shape index (κ2) is 4.41. The maximum absolute atomic E-state index is 12.1. The minimum Gasteiger partial charge on any atom is -0.392 e. The number of sulfonamides is 1. The van der Waals surface area contributed by atoms with E-state index >= 15 is 0 Å². The maximum atomic E-state index is 12.1. The van der Waals surface area contributed by atoms with E-state index in [1.54, 1.807) is 0 Å². The molecule has 0 aliphatic carbocycles. The third kappa shape index (κ3) is 2.37. The van der Waals surface area contributed by atoms with Crippen LogP contribution in [0.1, 0.15) is 6.42 Å². The molecule has 0 aromatic carbocycles. The molecular weight excluding hydrogens is 266 g/mol. The van der Waals surface area contributed by atoms with E-state index in [0.717, 1.165) is 0 Å². The quantitative estimate of drug-likeness (QED) is 0.798. The highest BCUT2D eigenvalue weighted by Gasteiger charge is 2.32. The number of rotatable bonds is 2. The molecule has 2 rings (SSSR count). The van der Waals surface area contributed by atoms with Gasteiger partial charge in [-0.15, -0.1) is 0 Å². The van der Waals surface area contributed by atoms with E-state index in [1.807, 2.05) is 0 Å². The van der Waals surface area contributed by atoms with E-state index < -0.39 is 16.1 Å². The molecule has 0 radical (unpaired) electrons. The van der Waals surface area contributed by atoms with Crippen LogP contribution in [0.5, 0.6) is 0 Å². The SMILES string of the molecule is Nc1ncc(S(=O)(=O)N2CCC(O)C2)cc1Cl. The van der Waals surface area contributed by atoms with E-state index in [0.29, 0.717) is 13.0 Å². The highest BCUT2D eigenvalue weighted by molar-refractivity contribution is 7.89. The molecule has 1 aromatic heterocycles. The van der Waals surface area contributed by atoms with Crippen LogP contribution in [-0.2, 0) is 10.0 Å². The number of hydrogen-bond donors (Lipinski definition) is 2. The van der Waals surface area contributed by atoms with Crippen LogP contribution in [0.25, 0.3) is 0 Å². The number of aliphatic hydroxyl groups is 1. The first-order valence-corrected chi connectivity index (χ1v) is 6.82. The Labute approximate surface area is 104 Å². The van der Waals surface area contributed by atoms with Gasteiger partial charge in [0.05, 0.1) is 11.1 Å². The van der Waals surface area contributed by atoms with Crippen molar-refractivity contribution in [3.8, 4) is 0 Å². The minimum atomic E-state index is -3.64. The number of anilines is 1. The van der Waals surface area contributed by atoms with Crippen LogP contribution in [0.2, 0.25) is 5.02 Å². The van der Waals surface area contributed by atoms with E-state index in [4.69, 9.17) is 17.3 Å². The molecule has 0 amide bonds. The van der Waals surface area contributed by atoms with Gasteiger partial charge in [0.2, 0.25) is 10.0 Å². The number of hydrogen-bond acceptors (Lipinski definition) is 5. The fourth-order valence-corrected chi connectivity index (χ4v) is 3.35. The van der Waals surface area contributed by atoms with Crippen molar-refractivity contribution in [2.24, 2.45) is 0 Å². The normalized spacial score (nSPS) is 21.9. The third-order valence-electron chi connectivity index (χ3n) is 2.61. The first kappa shape index (κ1) is 12.6. The molecule has 3 N–H and O–H groups in total. The van der Waals surface area contributed by atoms with E-state index in [-0.39, 0.29) is 22.3 Å². The number of β-amino-alcohol motifs (C(OH)–C–C–N with tert-alkyl or cyclic N) is 1. The fraction of sp³-hybridized carbons (Fsp3) is 0.444. The highest BCUT2D eigenvalue weighted by Crippen LogP contribution is 2.24. The summed E-state index contributed by atoms with van der Waals surface area (Å²) in [5.41, 5.74) is 5.42. The number of nitrogens with zero attached hydrogens (tertiary/aromatic N) is 2. The summed E-state index contributed by atoms with van der Waals surface area (Å²) in [7, 11) is -3.64. The average molecular weight is 278 g/mol. The third-order valence-corrected chi connectivity index (χ3v) is 4.74. The van der Waals surface area contributed by atoms with Gasteiger partial charge in [0.25, 0.3) is 0 Å². The Morgan fingerprint density at radius 1 is 1.59 bits per heavy atom. The Hall–Kier alpha value is -0.890. The Bertz CT molecular complexity index is 534. The summed E-state index contributed by atoms with van der Waals surface area (Å²) in [4.78, 5) is 3.70. The Kier molecular flexibility index (Phi) is 3.26. The Balaban J connectivity index is 2.35. The van der Waals surface area contributed by atoms with Gasteiger partial charge < -0.3 is 10.8 Å². The lowest BCUT2D eigenvalue weighted by Gasteiger charge is -2.15. The van der Waals surface area contributed by atoms with Gasteiger partial charge in [0.1, 0.15) is 10.7 Å². The molecule has 0 saturated carbocycles.